The molecule has 92 valence electrons. The van der Waals surface area contributed by atoms with Gasteiger partial charge in [-0.05, 0) is 46.0 Å². The fourth-order valence-electron chi connectivity index (χ4n) is 2.24. The Hall–Kier alpha value is -0.610. The third-order valence-electron chi connectivity index (χ3n) is 3.57. The van der Waals surface area contributed by atoms with Crippen LogP contribution in [0, 0.1) is 11.8 Å². The van der Waals surface area contributed by atoms with Crippen LogP contribution in [0.15, 0.2) is 22.7 Å². The van der Waals surface area contributed by atoms with Crippen LogP contribution in [0.5, 0.6) is 0 Å². The molecule has 1 aliphatic rings. The SMILES string of the molecule is CC1CN(c2ccc(C(N)=S)c(Br)c2)CC1C. The van der Waals surface area contributed by atoms with E-state index in [1.165, 1.54) is 5.69 Å². The maximum Gasteiger partial charge on any atom is 0.105 e. The van der Waals surface area contributed by atoms with Gasteiger partial charge in [0, 0.05) is 28.8 Å². The van der Waals surface area contributed by atoms with Crippen molar-refractivity contribution < 1.29 is 0 Å². The highest BCUT2D eigenvalue weighted by atomic mass is 79.9. The molecule has 17 heavy (non-hydrogen) atoms. The Labute approximate surface area is 116 Å². The Morgan fingerprint density at radius 1 is 1.35 bits per heavy atom. The molecule has 2 rings (SSSR count). The lowest BCUT2D eigenvalue weighted by molar-refractivity contribution is 0.494. The van der Waals surface area contributed by atoms with Gasteiger partial charge in [-0.25, -0.2) is 0 Å². The predicted molar refractivity (Wildman–Crippen MR) is 80.6 cm³/mol. The highest BCUT2D eigenvalue weighted by Gasteiger charge is 2.26. The Bertz CT molecular complexity index is 437. The fourth-order valence-corrected chi connectivity index (χ4v) is 3.13. The molecule has 0 amide bonds. The summed E-state index contributed by atoms with van der Waals surface area (Å²) in [7, 11) is 0. The number of hydrogen-bond acceptors (Lipinski definition) is 2. The Morgan fingerprint density at radius 3 is 2.41 bits per heavy atom. The van der Waals surface area contributed by atoms with E-state index >= 15 is 0 Å². The summed E-state index contributed by atoms with van der Waals surface area (Å²) >= 11 is 8.53. The molecule has 4 heteroatoms. The van der Waals surface area contributed by atoms with Crippen LogP contribution in [-0.2, 0) is 0 Å². The van der Waals surface area contributed by atoms with Crippen molar-refractivity contribution in [3.05, 3.63) is 28.2 Å². The summed E-state index contributed by atoms with van der Waals surface area (Å²) < 4.78 is 0.981. The quantitative estimate of drug-likeness (QED) is 0.850. The second kappa shape index (κ2) is 4.94. The van der Waals surface area contributed by atoms with Gasteiger partial charge in [-0.15, -0.1) is 0 Å². The molecule has 1 fully saturated rings. The van der Waals surface area contributed by atoms with Crippen LogP contribution in [0.1, 0.15) is 19.4 Å². The van der Waals surface area contributed by atoms with Gasteiger partial charge in [0.25, 0.3) is 0 Å². The smallest absolute Gasteiger partial charge is 0.105 e. The zero-order valence-electron chi connectivity index (χ0n) is 10.1. The third-order valence-corrected chi connectivity index (χ3v) is 4.45. The Balaban J connectivity index is 2.24. The van der Waals surface area contributed by atoms with Crippen molar-refractivity contribution in [2.45, 2.75) is 13.8 Å². The molecule has 2 atom stereocenters. The molecule has 0 radical (unpaired) electrons. The lowest BCUT2D eigenvalue weighted by Crippen LogP contribution is -2.20. The molecule has 2 unspecified atom stereocenters. The zero-order valence-corrected chi connectivity index (χ0v) is 12.5. The van der Waals surface area contributed by atoms with Crippen molar-refractivity contribution in [2.24, 2.45) is 17.6 Å². The lowest BCUT2D eigenvalue weighted by atomic mass is 10.0. The number of halogens is 1. The number of rotatable bonds is 2. The van der Waals surface area contributed by atoms with Gasteiger partial charge < -0.3 is 10.6 Å². The van der Waals surface area contributed by atoms with E-state index in [0.717, 1.165) is 35.0 Å². The average molecular weight is 313 g/mol. The third kappa shape index (κ3) is 2.63. The molecular weight excluding hydrogens is 296 g/mol. The first kappa shape index (κ1) is 12.8. The molecule has 0 spiro atoms. The number of nitrogens with two attached hydrogens (primary N) is 1. The first-order valence-corrected chi connectivity index (χ1v) is 7.03. The monoisotopic (exact) mass is 312 g/mol. The van der Waals surface area contributed by atoms with Crippen molar-refractivity contribution in [1.29, 1.82) is 0 Å². The summed E-state index contributed by atoms with van der Waals surface area (Å²) in [5, 5.41) is 0. The molecule has 2 nitrogen and oxygen atoms in total. The molecule has 1 saturated heterocycles. The number of thiocarbonyl (C=S) groups is 1. The van der Waals surface area contributed by atoms with Crippen LogP contribution in [0.3, 0.4) is 0 Å². The van der Waals surface area contributed by atoms with Crippen LogP contribution in [-0.4, -0.2) is 18.1 Å². The van der Waals surface area contributed by atoms with Crippen LogP contribution >= 0.6 is 28.1 Å². The molecular formula is C13H17BrN2S. The maximum atomic E-state index is 5.65. The minimum Gasteiger partial charge on any atom is -0.389 e. The number of nitrogens with zero attached hydrogens (tertiary/aromatic N) is 1. The van der Waals surface area contributed by atoms with Crippen LogP contribution in [0.4, 0.5) is 5.69 Å². The normalized spacial score (nSPS) is 24.1. The van der Waals surface area contributed by atoms with Gasteiger partial charge in [-0.1, -0.05) is 26.1 Å². The van der Waals surface area contributed by atoms with Crippen molar-refractivity contribution in [1.82, 2.24) is 0 Å². The van der Waals surface area contributed by atoms with E-state index in [2.05, 4.69) is 46.8 Å². The molecule has 0 aromatic heterocycles. The molecule has 2 N–H and O–H groups in total. The molecule has 0 aliphatic carbocycles. The number of anilines is 1. The van der Waals surface area contributed by atoms with Gasteiger partial charge in [-0.2, -0.15) is 0 Å². The topological polar surface area (TPSA) is 29.3 Å². The molecule has 0 saturated carbocycles. The van der Waals surface area contributed by atoms with Crippen molar-refractivity contribution >= 4 is 38.8 Å². The minimum absolute atomic E-state index is 0.437. The Kier molecular flexibility index (Phi) is 3.73. The molecule has 1 aliphatic heterocycles. The van der Waals surface area contributed by atoms with Crippen LogP contribution < -0.4 is 10.6 Å². The summed E-state index contributed by atoms with van der Waals surface area (Å²) in [4.78, 5) is 2.86. The van der Waals surface area contributed by atoms with E-state index in [4.69, 9.17) is 18.0 Å². The van der Waals surface area contributed by atoms with E-state index in [-0.39, 0.29) is 0 Å². The molecule has 1 aromatic rings. The van der Waals surface area contributed by atoms with Crippen molar-refractivity contribution in [3.8, 4) is 0 Å². The van der Waals surface area contributed by atoms with E-state index in [0.29, 0.717) is 4.99 Å². The highest BCUT2D eigenvalue weighted by Crippen LogP contribution is 2.30. The number of benzene rings is 1. The minimum atomic E-state index is 0.437. The standard InChI is InChI=1S/C13H17BrN2S/c1-8-6-16(7-9(8)2)10-3-4-11(13(15)17)12(14)5-10/h3-5,8-9H,6-7H2,1-2H3,(H2,15,17). The largest absolute Gasteiger partial charge is 0.389 e. The first-order chi connectivity index (χ1) is 7.99. The summed E-state index contributed by atoms with van der Waals surface area (Å²) in [6.45, 7) is 6.87. The molecule has 1 heterocycles. The van der Waals surface area contributed by atoms with Gasteiger partial charge in [0.1, 0.15) is 4.99 Å². The van der Waals surface area contributed by atoms with E-state index < -0.39 is 0 Å². The molecule has 0 bridgehead atoms. The van der Waals surface area contributed by atoms with E-state index in [1.54, 1.807) is 0 Å². The average Bonchev–Trinajstić information content (AvgIpc) is 2.58. The van der Waals surface area contributed by atoms with Gasteiger partial charge in [-0.3, -0.25) is 0 Å². The second-order valence-corrected chi connectivity index (χ2v) is 6.18. The lowest BCUT2D eigenvalue weighted by Gasteiger charge is -2.19. The summed E-state index contributed by atoms with van der Waals surface area (Å²) in [6, 6.07) is 6.21. The summed E-state index contributed by atoms with van der Waals surface area (Å²) in [5.41, 5.74) is 7.80. The Morgan fingerprint density at radius 2 is 1.94 bits per heavy atom. The first-order valence-electron chi connectivity index (χ1n) is 5.83. The van der Waals surface area contributed by atoms with Crippen LogP contribution in [0.25, 0.3) is 0 Å². The summed E-state index contributed by atoms with van der Waals surface area (Å²) in [5.74, 6) is 1.51. The van der Waals surface area contributed by atoms with Crippen molar-refractivity contribution in [2.75, 3.05) is 18.0 Å². The van der Waals surface area contributed by atoms with Gasteiger partial charge >= 0.3 is 0 Å². The zero-order chi connectivity index (χ0) is 12.6. The van der Waals surface area contributed by atoms with Crippen molar-refractivity contribution in [3.63, 3.8) is 0 Å². The van der Waals surface area contributed by atoms with E-state index in [9.17, 15) is 0 Å². The van der Waals surface area contributed by atoms with Gasteiger partial charge in [0.05, 0.1) is 0 Å². The number of hydrogen-bond donors (Lipinski definition) is 1. The molecule has 1 aromatic carbocycles. The van der Waals surface area contributed by atoms with Crippen LogP contribution in [0.2, 0.25) is 0 Å². The fraction of sp³-hybridized carbons (Fsp3) is 0.462. The van der Waals surface area contributed by atoms with E-state index in [1.807, 2.05) is 6.07 Å². The highest BCUT2D eigenvalue weighted by molar-refractivity contribution is 9.10. The van der Waals surface area contributed by atoms with Gasteiger partial charge in [0.2, 0.25) is 0 Å². The summed E-state index contributed by atoms with van der Waals surface area (Å²) in [6.07, 6.45) is 0. The second-order valence-electron chi connectivity index (χ2n) is 4.89. The van der Waals surface area contributed by atoms with Gasteiger partial charge in [0.15, 0.2) is 0 Å². The maximum absolute atomic E-state index is 5.65. The predicted octanol–water partition coefficient (Wildman–Crippen LogP) is 3.18.